The topological polar surface area (TPSA) is 123 Å². The molecule has 1 unspecified atom stereocenters. The number of carbonyl (C=O) groups is 2. The molecule has 5 aromatic rings. The van der Waals surface area contributed by atoms with E-state index in [-0.39, 0.29) is 23.9 Å². The molecule has 10 heteroatoms. The van der Waals surface area contributed by atoms with Crippen molar-refractivity contribution in [2.75, 3.05) is 6.54 Å². The number of nitrogens with one attached hydrogen (secondary N) is 2. The zero-order chi connectivity index (χ0) is 27.5. The highest BCUT2D eigenvalue weighted by Gasteiger charge is 2.23. The van der Waals surface area contributed by atoms with E-state index < -0.39 is 6.04 Å². The smallest absolute Gasteiger partial charge is 0.267 e. The standard InChI is InChI=1S/C29H25N7O3/c1-18-24(27-31-15-16-35(27)17-32-18)28(38)33-19(2)26-34-23-13-7-9-21(10-8-14-30-20(3)37)25(23)29(39)36(26)22-11-5-4-6-12-22/h4-7,9,11-13,15-17,19H,14H2,1-3H3,(H,30,37)(H,33,38). The quantitative estimate of drug-likeness (QED) is 0.344. The van der Waals surface area contributed by atoms with Crippen molar-refractivity contribution >= 4 is 28.4 Å². The van der Waals surface area contributed by atoms with E-state index in [1.807, 2.05) is 18.2 Å². The molecule has 0 fully saturated rings. The van der Waals surface area contributed by atoms with Crippen molar-refractivity contribution in [3.05, 3.63) is 100 Å². The van der Waals surface area contributed by atoms with E-state index in [1.54, 1.807) is 67.3 Å². The van der Waals surface area contributed by atoms with Crippen LogP contribution in [0.5, 0.6) is 0 Å². The molecule has 2 N–H and O–H groups in total. The van der Waals surface area contributed by atoms with E-state index in [0.717, 1.165) is 0 Å². The van der Waals surface area contributed by atoms with E-state index in [2.05, 4.69) is 32.4 Å². The fourth-order valence-corrected chi connectivity index (χ4v) is 4.35. The summed E-state index contributed by atoms with van der Waals surface area (Å²) in [4.78, 5) is 52.1. The Morgan fingerprint density at radius 1 is 1.08 bits per heavy atom. The van der Waals surface area contributed by atoms with Crippen LogP contribution in [0.1, 0.15) is 47.3 Å². The third kappa shape index (κ3) is 4.98. The maximum atomic E-state index is 14.0. The number of aromatic nitrogens is 5. The first kappa shape index (κ1) is 25.4. The first-order valence-corrected chi connectivity index (χ1v) is 12.3. The highest BCUT2D eigenvalue weighted by molar-refractivity contribution is 6.01. The van der Waals surface area contributed by atoms with Crippen LogP contribution in [0.2, 0.25) is 0 Å². The molecule has 0 saturated carbocycles. The lowest BCUT2D eigenvalue weighted by Crippen LogP contribution is -2.34. The average molecular weight is 520 g/mol. The van der Waals surface area contributed by atoms with Crippen molar-refractivity contribution < 1.29 is 9.59 Å². The number of para-hydroxylation sites is 1. The minimum atomic E-state index is -0.654. The first-order valence-electron chi connectivity index (χ1n) is 12.3. The number of benzene rings is 2. The van der Waals surface area contributed by atoms with Gasteiger partial charge in [-0.1, -0.05) is 36.1 Å². The van der Waals surface area contributed by atoms with Crippen LogP contribution in [0.15, 0.2) is 72.0 Å². The molecule has 1 atom stereocenters. The molecule has 0 aliphatic heterocycles. The fraction of sp³-hybridized carbons (Fsp3) is 0.172. The summed E-state index contributed by atoms with van der Waals surface area (Å²) in [7, 11) is 0. The van der Waals surface area contributed by atoms with Crippen molar-refractivity contribution in [2.45, 2.75) is 26.8 Å². The second-order valence-corrected chi connectivity index (χ2v) is 8.92. The Morgan fingerprint density at radius 3 is 2.64 bits per heavy atom. The zero-order valence-corrected chi connectivity index (χ0v) is 21.6. The lowest BCUT2D eigenvalue weighted by molar-refractivity contribution is -0.118. The van der Waals surface area contributed by atoms with Crippen molar-refractivity contribution in [2.24, 2.45) is 0 Å². The van der Waals surface area contributed by atoms with Gasteiger partial charge in [0.15, 0.2) is 5.65 Å². The Morgan fingerprint density at radius 2 is 1.87 bits per heavy atom. The SMILES string of the molecule is CC(=O)NCC#Cc1cccc2nc(C(C)NC(=O)c3c(C)ncn4ccnc34)n(-c3ccccc3)c(=O)c12. The second-order valence-electron chi connectivity index (χ2n) is 8.92. The van der Waals surface area contributed by atoms with Gasteiger partial charge < -0.3 is 10.6 Å². The van der Waals surface area contributed by atoms with Gasteiger partial charge in [-0.2, -0.15) is 0 Å². The Hall–Kier alpha value is -5.30. The number of imidazole rings is 1. The summed E-state index contributed by atoms with van der Waals surface area (Å²) in [6.07, 6.45) is 4.92. The Balaban J connectivity index is 1.62. The minimum absolute atomic E-state index is 0.157. The van der Waals surface area contributed by atoms with Gasteiger partial charge in [0.25, 0.3) is 11.5 Å². The van der Waals surface area contributed by atoms with Gasteiger partial charge in [-0.15, -0.1) is 0 Å². The van der Waals surface area contributed by atoms with Crippen LogP contribution in [0.4, 0.5) is 0 Å². The number of hydrogen-bond acceptors (Lipinski definition) is 6. The Labute approximate surface area is 223 Å². The zero-order valence-electron chi connectivity index (χ0n) is 21.6. The molecule has 0 aliphatic carbocycles. The predicted octanol–water partition coefficient (Wildman–Crippen LogP) is 2.72. The Bertz CT molecular complexity index is 1850. The number of aryl methyl sites for hydroxylation is 1. The molecule has 0 aliphatic rings. The van der Waals surface area contributed by atoms with Crippen LogP contribution < -0.4 is 16.2 Å². The number of fused-ring (bicyclic) bond motifs is 2. The molecule has 10 nitrogen and oxygen atoms in total. The number of nitrogens with zero attached hydrogens (tertiary/aromatic N) is 5. The molecule has 0 radical (unpaired) electrons. The molecule has 39 heavy (non-hydrogen) atoms. The van der Waals surface area contributed by atoms with E-state index in [4.69, 9.17) is 4.98 Å². The third-order valence-electron chi connectivity index (χ3n) is 6.18. The van der Waals surface area contributed by atoms with Crippen LogP contribution in [-0.4, -0.2) is 42.3 Å². The van der Waals surface area contributed by atoms with Gasteiger partial charge >= 0.3 is 0 Å². The van der Waals surface area contributed by atoms with Crippen LogP contribution >= 0.6 is 0 Å². The molecular formula is C29H25N7O3. The molecule has 2 aromatic carbocycles. The van der Waals surface area contributed by atoms with E-state index in [9.17, 15) is 14.4 Å². The summed E-state index contributed by atoms with van der Waals surface area (Å²) in [5.74, 6) is 5.65. The van der Waals surface area contributed by atoms with Crippen molar-refractivity contribution in [3.8, 4) is 17.5 Å². The average Bonchev–Trinajstić information content (AvgIpc) is 3.39. The van der Waals surface area contributed by atoms with Crippen LogP contribution in [0, 0.1) is 18.8 Å². The predicted molar refractivity (Wildman–Crippen MR) is 147 cm³/mol. The normalized spacial score (nSPS) is 11.6. The minimum Gasteiger partial charge on any atom is -0.345 e. The lowest BCUT2D eigenvalue weighted by Gasteiger charge is -2.20. The molecule has 0 saturated heterocycles. The van der Waals surface area contributed by atoms with Crippen molar-refractivity contribution in [3.63, 3.8) is 0 Å². The van der Waals surface area contributed by atoms with Gasteiger partial charge in [0.2, 0.25) is 5.91 Å². The fourth-order valence-electron chi connectivity index (χ4n) is 4.35. The number of amides is 2. The lowest BCUT2D eigenvalue weighted by atomic mass is 10.1. The van der Waals surface area contributed by atoms with Gasteiger partial charge in [0, 0.05) is 24.9 Å². The molecule has 5 rings (SSSR count). The summed E-state index contributed by atoms with van der Waals surface area (Å²) in [6.45, 7) is 5.09. The van der Waals surface area contributed by atoms with Crippen molar-refractivity contribution in [1.29, 1.82) is 0 Å². The van der Waals surface area contributed by atoms with E-state index >= 15 is 0 Å². The second kappa shape index (κ2) is 10.6. The van der Waals surface area contributed by atoms with Crippen LogP contribution in [0.25, 0.3) is 22.2 Å². The molecule has 3 aromatic heterocycles. The van der Waals surface area contributed by atoms with Gasteiger partial charge in [-0.05, 0) is 38.1 Å². The molecule has 2 amide bonds. The number of rotatable bonds is 5. The summed E-state index contributed by atoms with van der Waals surface area (Å²) in [5, 5.41) is 5.95. The summed E-state index contributed by atoms with van der Waals surface area (Å²) in [6, 6.07) is 13.7. The number of carbonyl (C=O) groups excluding carboxylic acids is 2. The molecule has 3 heterocycles. The number of hydrogen-bond donors (Lipinski definition) is 2. The molecule has 194 valence electrons. The Kier molecular flexibility index (Phi) is 6.89. The maximum Gasteiger partial charge on any atom is 0.267 e. The highest BCUT2D eigenvalue weighted by atomic mass is 16.2. The monoisotopic (exact) mass is 519 g/mol. The van der Waals surface area contributed by atoms with Crippen LogP contribution in [0.3, 0.4) is 0 Å². The molecule has 0 bridgehead atoms. The molecular weight excluding hydrogens is 494 g/mol. The summed E-state index contributed by atoms with van der Waals surface area (Å²) in [5.41, 5.74) is 2.59. The largest absolute Gasteiger partial charge is 0.345 e. The van der Waals surface area contributed by atoms with E-state index in [0.29, 0.717) is 44.9 Å². The van der Waals surface area contributed by atoms with Gasteiger partial charge in [-0.25, -0.2) is 15.0 Å². The van der Waals surface area contributed by atoms with Gasteiger partial charge in [0.05, 0.1) is 34.9 Å². The highest BCUT2D eigenvalue weighted by Crippen LogP contribution is 2.21. The summed E-state index contributed by atoms with van der Waals surface area (Å²) >= 11 is 0. The van der Waals surface area contributed by atoms with Crippen LogP contribution in [-0.2, 0) is 4.79 Å². The molecule has 0 spiro atoms. The summed E-state index contributed by atoms with van der Waals surface area (Å²) < 4.78 is 3.17. The van der Waals surface area contributed by atoms with Gasteiger partial charge in [-0.3, -0.25) is 23.4 Å². The van der Waals surface area contributed by atoms with Gasteiger partial charge in [0.1, 0.15) is 17.7 Å². The third-order valence-corrected chi connectivity index (χ3v) is 6.18. The maximum absolute atomic E-state index is 14.0. The van der Waals surface area contributed by atoms with Crippen molar-refractivity contribution in [1.82, 2.24) is 34.6 Å². The first-order chi connectivity index (χ1) is 18.8. The van der Waals surface area contributed by atoms with E-state index in [1.165, 1.54) is 11.5 Å².